The Kier molecular flexibility index (Phi) is 8.55. The average molecular weight is 313 g/mol. The molecule has 1 atom stereocenters. The molecule has 3 heteroatoms. The van der Waals surface area contributed by atoms with Crippen LogP contribution in [-0.4, -0.2) is 11.6 Å². The van der Waals surface area contributed by atoms with E-state index in [9.17, 15) is 9.59 Å². The molecule has 1 unspecified atom stereocenters. The molecule has 0 fully saturated rings. The van der Waals surface area contributed by atoms with Gasteiger partial charge in [-0.05, 0) is 38.0 Å². The van der Waals surface area contributed by atoms with Crippen LogP contribution in [0.2, 0.25) is 0 Å². The van der Waals surface area contributed by atoms with Gasteiger partial charge in [0.15, 0.2) is 0 Å². The number of carbonyl (C=O) groups excluding carboxylic acids is 2. The molecule has 0 spiro atoms. The van der Waals surface area contributed by atoms with Crippen LogP contribution in [0.4, 0.5) is 0 Å². The second-order valence-electron chi connectivity index (χ2n) is 3.96. The lowest BCUT2D eigenvalue weighted by Crippen LogP contribution is -2.10. The molecule has 0 radical (unpaired) electrons. The van der Waals surface area contributed by atoms with Gasteiger partial charge in [-0.2, -0.15) is 0 Å². The summed E-state index contributed by atoms with van der Waals surface area (Å²) in [4.78, 5) is 22.5. The van der Waals surface area contributed by atoms with Crippen molar-refractivity contribution < 1.29 is 9.59 Å². The SMILES string of the molecule is CC.CC(=O)CCC(C(C)=O)c1ccc(Br)cc1. The Morgan fingerprint density at radius 1 is 1.11 bits per heavy atom. The molecule has 100 valence electrons. The lowest BCUT2D eigenvalue weighted by molar-refractivity contribution is -0.119. The first-order chi connectivity index (χ1) is 8.50. The Morgan fingerprint density at radius 2 is 1.61 bits per heavy atom. The van der Waals surface area contributed by atoms with Crippen molar-refractivity contribution in [1.82, 2.24) is 0 Å². The molecule has 0 saturated carbocycles. The molecule has 0 saturated heterocycles. The smallest absolute Gasteiger partial charge is 0.137 e. The fourth-order valence-corrected chi connectivity index (χ4v) is 1.91. The Hall–Kier alpha value is -0.960. The Balaban J connectivity index is 0.00000137. The molecule has 1 rings (SSSR count). The maximum Gasteiger partial charge on any atom is 0.137 e. The van der Waals surface area contributed by atoms with Gasteiger partial charge in [-0.25, -0.2) is 0 Å². The van der Waals surface area contributed by atoms with E-state index in [2.05, 4.69) is 15.9 Å². The minimum atomic E-state index is -0.156. The summed E-state index contributed by atoms with van der Waals surface area (Å²) in [6, 6.07) is 7.69. The summed E-state index contributed by atoms with van der Waals surface area (Å²) in [5.74, 6) is 0.0870. The monoisotopic (exact) mass is 312 g/mol. The topological polar surface area (TPSA) is 34.1 Å². The summed E-state index contributed by atoms with van der Waals surface area (Å²) in [5.41, 5.74) is 0.983. The molecule has 18 heavy (non-hydrogen) atoms. The van der Waals surface area contributed by atoms with E-state index in [-0.39, 0.29) is 17.5 Å². The summed E-state index contributed by atoms with van der Waals surface area (Å²) in [6.45, 7) is 7.13. The number of Topliss-reactive ketones (excluding diaryl/α,β-unsaturated/α-hetero) is 2. The molecule has 0 bridgehead atoms. The van der Waals surface area contributed by atoms with Crippen LogP contribution in [-0.2, 0) is 9.59 Å². The Morgan fingerprint density at radius 3 is 2.00 bits per heavy atom. The highest BCUT2D eigenvalue weighted by atomic mass is 79.9. The van der Waals surface area contributed by atoms with Crippen LogP contribution in [0.3, 0.4) is 0 Å². The lowest BCUT2D eigenvalue weighted by Gasteiger charge is -2.13. The maximum atomic E-state index is 11.5. The molecule has 0 aliphatic carbocycles. The molecular weight excluding hydrogens is 292 g/mol. The Labute approximate surface area is 118 Å². The van der Waals surface area contributed by atoms with E-state index in [0.29, 0.717) is 12.8 Å². The summed E-state index contributed by atoms with van der Waals surface area (Å²) in [6.07, 6.45) is 1.06. The largest absolute Gasteiger partial charge is 0.300 e. The molecule has 2 nitrogen and oxygen atoms in total. The number of rotatable bonds is 5. The van der Waals surface area contributed by atoms with Gasteiger partial charge in [-0.15, -0.1) is 0 Å². The van der Waals surface area contributed by atoms with Gasteiger partial charge in [0.05, 0.1) is 0 Å². The number of ketones is 2. The van der Waals surface area contributed by atoms with Gasteiger partial charge in [0.25, 0.3) is 0 Å². The first kappa shape index (κ1) is 17.0. The highest BCUT2D eigenvalue weighted by Gasteiger charge is 2.16. The molecule has 0 aromatic heterocycles. The van der Waals surface area contributed by atoms with Crippen molar-refractivity contribution in [1.29, 1.82) is 0 Å². The lowest BCUT2D eigenvalue weighted by atomic mass is 9.90. The fourth-order valence-electron chi connectivity index (χ4n) is 1.65. The first-order valence-electron chi connectivity index (χ1n) is 6.26. The quantitative estimate of drug-likeness (QED) is 0.801. The number of carbonyl (C=O) groups is 2. The van der Waals surface area contributed by atoms with E-state index in [1.54, 1.807) is 13.8 Å². The highest BCUT2D eigenvalue weighted by Crippen LogP contribution is 2.24. The van der Waals surface area contributed by atoms with Crippen molar-refractivity contribution in [2.45, 2.75) is 46.5 Å². The maximum absolute atomic E-state index is 11.5. The van der Waals surface area contributed by atoms with Crippen molar-refractivity contribution in [3.05, 3.63) is 34.3 Å². The third-order valence-corrected chi connectivity index (χ3v) is 3.08. The number of hydrogen-bond donors (Lipinski definition) is 0. The molecule has 0 aliphatic rings. The molecule has 0 amide bonds. The van der Waals surface area contributed by atoms with Gasteiger partial charge in [-0.3, -0.25) is 4.79 Å². The summed E-state index contributed by atoms with van der Waals surface area (Å²) in [5, 5.41) is 0. The van der Waals surface area contributed by atoms with Crippen LogP contribution < -0.4 is 0 Å². The summed E-state index contributed by atoms with van der Waals surface area (Å²) in [7, 11) is 0. The van der Waals surface area contributed by atoms with Crippen molar-refractivity contribution in [3.63, 3.8) is 0 Å². The van der Waals surface area contributed by atoms with Gasteiger partial charge >= 0.3 is 0 Å². The number of hydrogen-bond acceptors (Lipinski definition) is 2. The standard InChI is InChI=1S/C13H15BrO2.C2H6/c1-9(15)3-8-13(10(2)16)11-4-6-12(14)7-5-11;1-2/h4-7,13H,3,8H2,1-2H3;1-2H3. The zero-order valence-electron chi connectivity index (χ0n) is 11.5. The minimum Gasteiger partial charge on any atom is -0.300 e. The molecule has 1 aromatic carbocycles. The van der Waals surface area contributed by atoms with E-state index in [1.807, 2.05) is 38.1 Å². The van der Waals surface area contributed by atoms with Crippen LogP contribution >= 0.6 is 15.9 Å². The van der Waals surface area contributed by atoms with Crippen LogP contribution in [0, 0.1) is 0 Å². The van der Waals surface area contributed by atoms with Crippen molar-refractivity contribution in [2.24, 2.45) is 0 Å². The number of halogens is 1. The van der Waals surface area contributed by atoms with E-state index < -0.39 is 0 Å². The second kappa shape index (κ2) is 9.03. The highest BCUT2D eigenvalue weighted by molar-refractivity contribution is 9.10. The molecular formula is C15H21BrO2. The summed E-state index contributed by atoms with van der Waals surface area (Å²) < 4.78 is 0.991. The fraction of sp³-hybridized carbons (Fsp3) is 0.467. The van der Waals surface area contributed by atoms with Gasteiger partial charge in [0.1, 0.15) is 11.6 Å². The van der Waals surface area contributed by atoms with Gasteiger partial charge < -0.3 is 4.79 Å². The van der Waals surface area contributed by atoms with Gasteiger partial charge in [0, 0.05) is 16.8 Å². The Bertz CT molecular complexity index is 382. The summed E-state index contributed by atoms with van der Waals surface area (Å²) >= 11 is 3.35. The zero-order valence-corrected chi connectivity index (χ0v) is 13.1. The zero-order chi connectivity index (χ0) is 14.1. The predicted octanol–water partition coefficient (Wildman–Crippen LogP) is 4.52. The van der Waals surface area contributed by atoms with Crippen LogP contribution in [0.1, 0.15) is 52.0 Å². The third kappa shape index (κ3) is 6.10. The van der Waals surface area contributed by atoms with Crippen molar-refractivity contribution in [3.8, 4) is 0 Å². The van der Waals surface area contributed by atoms with Gasteiger partial charge in [-0.1, -0.05) is 41.9 Å². The molecule has 0 N–H and O–H groups in total. The molecule has 1 aromatic rings. The minimum absolute atomic E-state index is 0.114. The van der Waals surface area contributed by atoms with Crippen LogP contribution in [0.25, 0.3) is 0 Å². The van der Waals surface area contributed by atoms with E-state index in [4.69, 9.17) is 0 Å². The van der Waals surface area contributed by atoms with Crippen molar-refractivity contribution in [2.75, 3.05) is 0 Å². The van der Waals surface area contributed by atoms with E-state index in [0.717, 1.165) is 10.0 Å². The normalized spacial score (nSPS) is 11.2. The van der Waals surface area contributed by atoms with Gasteiger partial charge in [0.2, 0.25) is 0 Å². The van der Waals surface area contributed by atoms with E-state index >= 15 is 0 Å². The number of benzene rings is 1. The first-order valence-corrected chi connectivity index (χ1v) is 7.05. The van der Waals surface area contributed by atoms with Crippen molar-refractivity contribution >= 4 is 27.5 Å². The average Bonchev–Trinajstić information content (AvgIpc) is 2.33. The second-order valence-corrected chi connectivity index (χ2v) is 4.87. The third-order valence-electron chi connectivity index (χ3n) is 2.55. The molecule has 0 heterocycles. The predicted molar refractivity (Wildman–Crippen MR) is 78.8 cm³/mol. The van der Waals surface area contributed by atoms with Crippen LogP contribution in [0.5, 0.6) is 0 Å². The van der Waals surface area contributed by atoms with E-state index in [1.165, 1.54) is 0 Å². The van der Waals surface area contributed by atoms with Crippen LogP contribution in [0.15, 0.2) is 28.7 Å². The molecule has 0 aliphatic heterocycles.